The van der Waals surface area contributed by atoms with Crippen molar-refractivity contribution in [2.75, 3.05) is 6.54 Å². The number of hydrogen-bond acceptors (Lipinski definition) is 4. The van der Waals surface area contributed by atoms with Crippen molar-refractivity contribution in [2.24, 2.45) is 7.05 Å². The normalized spacial score (nSPS) is 18.5. The van der Waals surface area contributed by atoms with Gasteiger partial charge >= 0.3 is 0 Å². The lowest BCUT2D eigenvalue weighted by atomic mass is 10.1. The third kappa shape index (κ3) is 2.36. The van der Waals surface area contributed by atoms with Gasteiger partial charge in [-0.3, -0.25) is 9.48 Å². The fourth-order valence-electron chi connectivity index (χ4n) is 2.97. The van der Waals surface area contributed by atoms with Crippen LogP contribution in [0.3, 0.4) is 0 Å². The van der Waals surface area contributed by atoms with Crippen molar-refractivity contribution in [3.63, 3.8) is 0 Å². The summed E-state index contributed by atoms with van der Waals surface area (Å²) in [5.41, 5.74) is 4.39. The van der Waals surface area contributed by atoms with E-state index in [1.165, 1.54) is 11.3 Å². The van der Waals surface area contributed by atoms with Gasteiger partial charge in [-0.25, -0.2) is 4.98 Å². The first-order valence-electron chi connectivity index (χ1n) is 6.90. The molecule has 2 aromatic heterocycles. The molecule has 3 heterocycles. The maximum Gasteiger partial charge on any atom is 0.266 e. The summed E-state index contributed by atoms with van der Waals surface area (Å²) in [6, 6.07) is 0.0141. The zero-order chi connectivity index (χ0) is 15.1. The highest BCUT2D eigenvalue weighted by molar-refractivity contribution is 7.11. The van der Waals surface area contributed by atoms with E-state index in [1.54, 1.807) is 10.2 Å². The molecule has 0 aromatic carbocycles. The molecule has 1 aliphatic rings. The van der Waals surface area contributed by atoms with E-state index in [0.29, 0.717) is 5.15 Å². The van der Waals surface area contributed by atoms with E-state index in [4.69, 9.17) is 11.6 Å². The van der Waals surface area contributed by atoms with Crippen LogP contribution in [0.15, 0.2) is 5.51 Å². The zero-order valence-electron chi connectivity index (χ0n) is 12.3. The summed E-state index contributed by atoms with van der Waals surface area (Å²) < 4.78 is 1.67. The number of thiazole rings is 1. The van der Waals surface area contributed by atoms with Crippen LogP contribution in [0.1, 0.15) is 45.5 Å². The molecule has 0 saturated carbocycles. The van der Waals surface area contributed by atoms with Crippen LogP contribution in [0.2, 0.25) is 5.15 Å². The van der Waals surface area contributed by atoms with Crippen molar-refractivity contribution in [1.29, 1.82) is 0 Å². The minimum absolute atomic E-state index is 0.0141. The Morgan fingerprint density at radius 2 is 2.19 bits per heavy atom. The standard InChI is InChI=1S/C14H17ClN4OS/c1-8-11(13(15)18(3)17-8)10-5-4-6-19(10)14(20)12-9(2)16-7-21-12/h7,10H,4-6H2,1-3H3/t10-/m0/s1. The molecule has 0 bridgehead atoms. The van der Waals surface area contributed by atoms with Gasteiger partial charge in [-0.05, 0) is 26.7 Å². The second-order valence-electron chi connectivity index (χ2n) is 5.34. The highest BCUT2D eigenvalue weighted by atomic mass is 35.5. The Morgan fingerprint density at radius 1 is 1.43 bits per heavy atom. The Balaban J connectivity index is 1.96. The summed E-state index contributed by atoms with van der Waals surface area (Å²) >= 11 is 7.77. The summed E-state index contributed by atoms with van der Waals surface area (Å²) in [4.78, 5) is 19.6. The lowest BCUT2D eigenvalue weighted by Gasteiger charge is -2.24. The molecule has 0 N–H and O–H groups in total. The van der Waals surface area contributed by atoms with Gasteiger partial charge in [-0.1, -0.05) is 11.6 Å². The summed E-state index contributed by atoms with van der Waals surface area (Å²) in [6.07, 6.45) is 1.91. The van der Waals surface area contributed by atoms with Gasteiger partial charge in [-0.2, -0.15) is 5.10 Å². The predicted octanol–water partition coefficient (Wildman–Crippen LogP) is 3.12. The largest absolute Gasteiger partial charge is 0.331 e. The zero-order valence-corrected chi connectivity index (χ0v) is 13.8. The first-order chi connectivity index (χ1) is 10.0. The first kappa shape index (κ1) is 14.5. The molecule has 1 atom stereocenters. The molecule has 5 nitrogen and oxygen atoms in total. The predicted molar refractivity (Wildman–Crippen MR) is 82.8 cm³/mol. The molecule has 1 amide bonds. The number of carbonyl (C=O) groups is 1. The topological polar surface area (TPSA) is 51.0 Å². The van der Waals surface area contributed by atoms with Crippen LogP contribution in [0.4, 0.5) is 0 Å². The van der Waals surface area contributed by atoms with Crippen LogP contribution >= 0.6 is 22.9 Å². The van der Waals surface area contributed by atoms with Crippen LogP contribution < -0.4 is 0 Å². The lowest BCUT2D eigenvalue weighted by Crippen LogP contribution is -2.30. The van der Waals surface area contributed by atoms with E-state index in [9.17, 15) is 4.79 Å². The van der Waals surface area contributed by atoms with Gasteiger partial charge in [-0.15, -0.1) is 11.3 Å². The van der Waals surface area contributed by atoms with E-state index in [1.807, 2.05) is 25.8 Å². The van der Waals surface area contributed by atoms with Crippen molar-refractivity contribution in [2.45, 2.75) is 32.7 Å². The van der Waals surface area contributed by atoms with Crippen molar-refractivity contribution in [3.05, 3.63) is 32.5 Å². The van der Waals surface area contributed by atoms with E-state index in [2.05, 4.69) is 10.1 Å². The molecule has 0 spiro atoms. The van der Waals surface area contributed by atoms with Gasteiger partial charge in [0.1, 0.15) is 10.0 Å². The molecular weight excluding hydrogens is 308 g/mol. The Morgan fingerprint density at radius 3 is 2.76 bits per heavy atom. The first-order valence-corrected chi connectivity index (χ1v) is 8.16. The Bertz CT molecular complexity index is 693. The molecule has 1 aliphatic heterocycles. The smallest absolute Gasteiger partial charge is 0.266 e. The molecule has 1 fully saturated rings. The Hall–Kier alpha value is -1.40. The minimum atomic E-state index is 0.0141. The quantitative estimate of drug-likeness (QED) is 0.852. The molecule has 1 saturated heterocycles. The SMILES string of the molecule is Cc1ncsc1C(=O)N1CCC[C@H]1c1c(C)nn(C)c1Cl. The molecule has 112 valence electrons. The molecule has 21 heavy (non-hydrogen) atoms. The third-order valence-electron chi connectivity index (χ3n) is 3.98. The van der Waals surface area contributed by atoms with E-state index >= 15 is 0 Å². The number of halogens is 1. The maximum atomic E-state index is 12.8. The summed E-state index contributed by atoms with van der Waals surface area (Å²) in [7, 11) is 1.83. The van der Waals surface area contributed by atoms with E-state index in [0.717, 1.165) is 41.2 Å². The molecule has 0 aliphatic carbocycles. The van der Waals surface area contributed by atoms with Crippen molar-refractivity contribution >= 4 is 28.8 Å². The second-order valence-corrected chi connectivity index (χ2v) is 6.55. The van der Waals surface area contributed by atoms with Gasteiger partial charge in [0.2, 0.25) is 0 Å². The molecule has 0 unspecified atom stereocenters. The van der Waals surface area contributed by atoms with Crippen molar-refractivity contribution in [3.8, 4) is 0 Å². The van der Waals surface area contributed by atoms with Gasteiger partial charge in [0, 0.05) is 19.2 Å². The highest BCUT2D eigenvalue weighted by Gasteiger charge is 2.35. The van der Waals surface area contributed by atoms with Gasteiger partial charge in [0.05, 0.1) is 22.9 Å². The number of hydrogen-bond donors (Lipinski definition) is 0. The molecule has 2 aromatic rings. The van der Waals surface area contributed by atoms with Crippen LogP contribution in [0, 0.1) is 13.8 Å². The van der Waals surface area contributed by atoms with Crippen molar-refractivity contribution in [1.82, 2.24) is 19.7 Å². The number of aryl methyl sites for hydroxylation is 3. The highest BCUT2D eigenvalue weighted by Crippen LogP contribution is 2.38. The van der Waals surface area contributed by atoms with Crippen molar-refractivity contribution < 1.29 is 4.79 Å². The number of aromatic nitrogens is 3. The third-order valence-corrected chi connectivity index (χ3v) is 5.35. The minimum Gasteiger partial charge on any atom is -0.331 e. The Kier molecular flexibility index (Phi) is 3.75. The van der Waals surface area contributed by atoms with Gasteiger partial charge in [0.25, 0.3) is 5.91 Å². The number of amides is 1. The number of nitrogens with zero attached hydrogens (tertiary/aromatic N) is 4. The fraction of sp³-hybridized carbons (Fsp3) is 0.500. The number of likely N-dealkylation sites (tertiary alicyclic amines) is 1. The van der Waals surface area contributed by atoms with E-state index in [-0.39, 0.29) is 11.9 Å². The molecule has 7 heteroatoms. The van der Waals surface area contributed by atoms with Crippen LogP contribution in [0.5, 0.6) is 0 Å². The van der Waals surface area contributed by atoms with Gasteiger partial charge < -0.3 is 4.90 Å². The monoisotopic (exact) mass is 324 g/mol. The Labute approximate surface area is 132 Å². The average molecular weight is 325 g/mol. The van der Waals surface area contributed by atoms with Crippen LogP contribution in [-0.4, -0.2) is 32.1 Å². The van der Waals surface area contributed by atoms with Crippen LogP contribution in [-0.2, 0) is 7.05 Å². The molecular formula is C14H17ClN4OS. The molecule has 0 radical (unpaired) electrons. The van der Waals surface area contributed by atoms with Gasteiger partial charge in [0.15, 0.2) is 0 Å². The summed E-state index contributed by atoms with van der Waals surface area (Å²) in [5, 5.41) is 4.99. The second kappa shape index (κ2) is 5.42. The summed E-state index contributed by atoms with van der Waals surface area (Å²) in [5.74, 6) is 0.0526. The van der Waals surface area contributed by atoms with Crippen LogP contribution in [0.25, 0.3) is 0 Å². The number of rotatable bonds is 2. The lowest BCUT2D eigenvalue weighted by molar-refractivity contribution is 0.0739. The fourth-order valence-corrected chi connectivity index (χ4v) is 4.03. The average Bonchev–Trinajstić information content (AvgIpc) is 3.11. The van der Waals surface area contributed by atoms with E-state index < -0.39 is 0 Å². The maximum absolute atomic E-state index is 12.8. The summed E-state index contributed by atoms with van der Waals surface area (Å²) in [6.45, 7) is 4.57. The number of carbonyl (C=O) groups excluding carboxylic acids is 1. The molecule has 3 rings (SSSR count).